The maximum atomic E-state index is 3.84. The van der Waals surface area contributed by atoms with Crippen molar-refractivity contribution in [2.45, 2.75) is 6.92 Å². The summed E-state index contributed by atoms with van der Waals surface area (Å²) in [5, 5.41) is 0. The van der Waals surface area contributed by atoms with Gasteiger partial charge in [-0.1, -0.05) is 6.92 Å². The Hall–Kier alpha value is 0.0200. The molecule has 0 saturated carbocycles. The van der Waals surface area contributed by atoms with Crippen LogP contribution in [0.5, 0.6) is 0 Å². The standard InChI is InChI=1S/C4H5NS/c1-4-2-5-6-3-4/h2,4H,1H3. The van der Waals surface area contributed by atoms with Gasteiger partial charge in [-0.15, -0.1) is 0 Å². The fourth-order valence-corrected chi connectivity index (χ4v) is 0.797. The van der Waals surface area contributed by atoms with Crippen molar-refractivity contribution < 1.29 is 0 Å². The van der Waals surface area contributed by atoms with Gasteiger partial charge in [0, 0.05) is 12.1 Å². The van der Waals surface area contributed by atoms with Gasteiger partial charge in [-0.05, 0) is 11.9 Å². The van der Waals surface area contributed by atoms with Crippen molar-refractivity contribution >= 4 is 18.2 Å². The third-order valence-electron chi connectivity index (χ3n) is 0.576. The largest absolute Gasteiger partial charge is 0.228 e. The SMILES string of the molecule is CC1[C]SN=C1. The Bertz CT molecular complexity index is 69.9. The first-order valence-corrected chi connectivity index (χ1v) is 2.62. The Balaban J connectivity index is 2.38. The Kier molecular flexibility index (Phi) is 1.15. The van der Waals surface area contributed by atoms with Crippen molar-refractivity contribution in [3.05, 3.63) is 5.75 Å². The lowest BCUT2D eigenvalue weighted by Gasteiger charge is -1.83. The molecule has 0 aromatic carbocycles. The summed E-state index contributed by atoms with van der Waals surface area (Å²) in [5.74, 6) is 3.48. The third-order valence-corrected chi connectivity index (χ3v) is 1.28. The average molecular weight is 99.2 g/mol. The highest BCUT2D eigenvalue weighted by Crippen LogP contribution is 2.19. The van der Waals surface area contributed by atoms with Crippen LogP contribution in [-0.2, 0) is 0 Å². The first kappa shape index (κ1) is 4.19. The van der Waals surface area contributed by atoms with E-state index < -0.39 is 0 Å². The van der Waals surface area contributed by atoms with Crippen LogP contribution in [0.1, 0.15) is 6.92 Å². The summed E-state index contributed by atoms with van der Waals surface area (Å²) in [6, 6.07) is 0. The van der Waals surface area contributed by atoms with E-state index in [1.807, 2.05) is 6.21 Å². The van der Waals surface area contributed by atoms with Gasteiger partial charge in [0.15, 0.2) is 0 Å². The lowest BCUT2D eigenvalue weighted by atomic mass is 10.3. The number of rotatable bonds is 0. The van der Waals surface area contributed by atoms with Gasteiger partial charge >= 0.3 is 0 Å². The molecule has 0 saturated heterocycles. The van der Waals surface area contributed by atoms with E-state index in [0.717, 1.165) is 0 Å². The molecule has 0 aliphatic carbocycles. The molecule has 0 bridgehead atoms. The molecule has 0 aromatic heterocycles. The fourth-order valence-electron chi connectivity index (χ4n) is 0.266. The van der Waals surface area contributed by atoms with Crippen LogP contribution in [0.25, 0.3) is 0 Å². The summed E-state index contributed by atoms with van der Waals surface area (Å²) >= 11 is 1.40. The van der Waals surface area contributed by atoms with Gasteiger partial charge in [0.1, 0.15) is 0 Å². The van der Waals surface area contributed by atoms with Crippen LogP contribution in [0, 0.1) is 11.7 Å². The predicted molar refractivity (Wildman–Crippen MR) is 28.5 cm³/mol. The van der Waals surface area contributed by atoms with Crippen molar-refractivity contribution in [3.63, 3.8) is 0 Å². The smallest absolute Gasteiger partial charge is 0.0824 e. The van der Waals surface area contributed by atoms with Crippen LogP contribution in [0.2, 0.25) is 0 Å². The molecule has 1 unspecified atom stereocenters. The van der Waals surface area contributed by atoms with Crippen molar-refractivity contribution in [2.75, 3.05) is 0 Å². The fraction of sp³-hybridized carbons (Fsp3) is 0.500. The van der Waals surface area contributed by atoms with E-state index in [1.165, 1.54) is 11.9 Å². The molecule has 0 spiro atoms. The zero-order valence-electron chi connectivity index (χ0n) is 3.51. The van der Waals surface area contributed by atoms with Crippen LogP contribution in [0.4, 0.5) is 0 Å². The lowest BCUT2D eigenvalue weighted by Crippen LogP contribution is -1.84. The van der Waals surface area contributed by atoms with E-state index in [1.54, 1.807) is 0 Å². The van der Waals surface area contributed by atoms with Crippen molar-refractivity contribution in [1.29, 1.82) is 0 Å². The predicted octanol–water partition coefficient (Wildman–Crippen LogP) is 1.39. The van der Waals surface area contributed by atoms with E-state index in [2.05, 4.69) is 17.1 Å². The van der Waals surface area contributed by atoms with Gasteiger partial charge in [-0.25, -0.2) is 4.40 Å². The summed E-state index contributed by atoms with van der Waals surface area (Å²) in [6.07, 6.45) is 1.88. The number of hydrogen-bond donors (Lipinski definition) is 0. The molecule has 6 heavy (non-hydrogen) atoms. The van der Waals surface area contributed by atoms with Gasteiger partial charge in [0.05, 0.1) is 5.75 Å². The second kappa shape index (κ2) is 1.65. The maximum absolute atomic E-state index is 3.84. The quantitative estimate of drug-likeness (QED) is 0.418. The normalized spacial score (nSPS) is 31.8. The second-order valence-electron chi connectivity index (χ2n) is 1.25. The van der Waals surface area contributed by atoms with Gasteiger partial charge in [0.25, 0.3) is 0 Å². The van der Waals surface area contributed by atoms with E-state index in [4.69, 9.17) is 0 Å². The molecule has 32 valence electrons. The number of nitrogens with zero attached hydrogens (tertiary/aromatic N) is 1. The molecule has 1 aliphatic heterocycles. The molecular formula is C4H5NS. The first-order valence-electron chi connectivity index (χ1n) is 1.84. The zero-order valence-corrected chi connectivity index (χ0v) is 4.33. The first-order chi connectivity index (χ1) is 2.89. The zero-order chi connectivity index (χ0) is 4.41. The van der Waals surface area contributed by atoms with E-state index in [0.29, 0.717) is 5.92 Å². The monoisotopic (exact) mass is 99.0 g/mol. The number of hydrogen-bond acceptors (Lipinski definition) is 2. The molecule has 0 fully saturated rings. The maximum Gasteiger partial charge on any atom is 0.0824 e. The van der Waals surface area contributed by atoms with Crippen LogP contribution in [0.3, 0.4) is 0 Å². The van der Waals surface area contributed by atoms with Gasteiger partial charge in [0.2, 0.25) is 0 Å². The molecule has 0 amide bonds. The molecule has 1 atom stereocenters. The van der Waals surface area contributed by atoms with Crippen LogP contribution in [-0.4, -0.2) is 6.21 Å². The summed E-state index contributed by atoms with van der Waals surface area (Å²) in [6.45, 7) is 2.06. The molecule has 1 aliphatic rings. The average Bonchev–Trinajstić information content (AvgIpc) is 1.86. The second-order valence-corrected chi connectivity index (χ2v) is 1.88. The molecule has 1 rings (SSSR count). The molecule has 1 heterocycles. The molecule has 2 heteroatoms. The Morgan fingerprint density at radius 2 is 2.83 bits per heavy atom. The Morgan fingerprint density at radius 3 is 3.00 bits per heavy atom. The summed E-state index contributed by atoms with van der Waals surface area (Å²) in [4.78, 5) is 0. The van der Waals surface area contributed by atoms with Crippen molar-refractivity contribution in [3.8, 4) is 0 Å². The summed E-state index contributed by atoms with van der Waals surface area (Å²) in [5.41, 5.74) is 0. The van der Waals surface area contributed by atoms with Crippen LogP contribution in [0.15, 0.2) is 4.40 Å². The molecule has 2 radical (unpaired) electrons. The van der Waals surface area contributed by atoms with Gasteiger partial charge in [-0.2, -0.15) is 0 Å². The van der Waals surface area contributed by atoms with Crippen molar-refractivity contribution in [1.82, 2.24) is 0 Å². The lowest BCUT2D eigenvalue weighted by molar-refractivity contribution is 1.02. The van der Waals surface area contributed by atoms with Crippen LogP contribution >= 0.6 is 11.9 Å². The van der Waals surface area contributed by atoms with Crippen LogP contribution < -0.4 is 0 Å². The van der Waals surface area contributed by atoms with E-state index in [-0.39, 0.29) is 0 Å². The topological polar surface area (TPSA) is 12.4 Å². The minimum Gasteiger partial charge on any atom is -0.228 e. The summed E-state index contributed by atoms with van der Waals surface area (Å²) < 4.78 is 3.84. The van der Waals surface area contributed by atoms with E-state index >= 15 is 0 Å². The highest BCUT2D eigenvalue weighted by molar-refractivity contribution is 8.00. The Morgan fingerprint density at radius 1 is 2.00 bits per heavy atom. The van der Waals surface area contributed by atoms with Gasteiger partial charge < -0.3 is 0 Å². The molecular weight excluding hydrogens is 94.1 g/mol. The summed E-state index contributed by atoms with van der Waals surface area (Å²) in [7, 11) is 0. The van der Waals surface area contributed by atoms with Crippen molar-refractivity contribution in [2.24, 2.45) is 10.3 Å². The van der Waals surface area contributed by atoms with Gasteiger partial charge in [-0.3, -0.25) is 0 Å². The third kappa shape index (κ3) is 0.744. The Labute approximate surface area is 42.0 Å². The highest BCUT2D eigenvalue weighted by Gasteiger charge is 2.03. The minimum absolute atomic E-state index is 0.468. The molecule has 1 nitrogen and oxygen atoms in total. The highest BCUT2D eigenvalue weighted by atomic mass is 32.2. The van der Waals surface area contributed by atoms with E-state index in [9.17, 15) is 0 Å². The minimum atomic E-state index is 0.468. The molecule has 0 N–H and O–H groups in total. The molecule has 0 aromatic rings.